The number of terminal acetylenes is 1. The van der Waals surface area contributed by atoms with Gasteiger partial charge in [-0.3, -0.25) is 9.69 Å². The van der Waals surface area contributed by atoms with Gasteiger partial charge >= 0.3 is 6.03 Å². The molecule has 1 aliphatic heterocycles. The first-order valence-corrected chi connectivity index (χ1v) is 9.31. The summed E-state index contributed by atoms with van der Waals surface area (Å²) in [5, 5.41) is 2.64. The number of rotatable bonds is 5. The van der Waals surface area contributed by atoms with Gasteiger partial charge in [0.2, 0.25) is 0 Å². The highest BCUT2D eigenvalue weighted by atomic mass is 127. The molecule has 1 N–H and O–H groups in total. The standard InChI is InChI=1S/C21H17IN2O3/c1-3-10-27-19-9-8-16(11-17(19)22)12-18-20(25)24(21(26)23-18)13-15-6-4-14(2)5-7-15/h1,4-9,11-12H,10,13H2,2H3,(H,23,26)/b18-12+. The lowest BCUT2D eigenvalue weighted by atomic mass is 10.1. The molecule has 2 aromatic carbocycles. The summed E-state index contributed by atoms with van der Waals surface area (Å²) in [6.45, 7) is 2.42. The van der Waals surface area contributed by atoms with Crippen LogP contribution >= 0.6 is 22.6 Å². The summed E-state index contributed by atoms with van der Waals surface area (Å²) in [4.78, 5) is 26.0. The van der Waals surface area contributed by atoms with Crippen molar-refractivity contribution in [2.75, 3.05) is 6.61 Å². The highest BCUT2D eigenvalue weighted by Gasteiger charge is 2.33. The van der Waals surface area contributed by atoms with Crippen molar-refractivity contribution in [3.05, 3.63) is 68.4 Å². The van der Waals surface area contributed by atoms with E-state index in [1.807, 2.05) is 43.3 Å². The zero-order valence-corrected chi connectivity index (χ0v) is 16.8. The summed E-state index contributed by atoms with van der Waals surface area (Å²) >= 11 is 2.14. The van der Waals surface area contributed by atoms with Crippen LogP contribution in [0.5, 0.6) is 5.75 Å². The second kappa shape index (κ2) is 8.27. The van der Waals surface area contributed by atoms with Crippen LogP contribution in [0.2, 0.25) is 0 Å². The number of aryl methyl sites for hydroxylation is 1. The number of carbonyl (C=O) groups excluding carboxylic acids is 2. The van der Waals surface area contributed by atoms with E-state index in [4.69, 9.17) is 11.2 Å². The molecule has 0 spiro atoms. The van der Waals surface area contributed by atoms with Crippen LogP contribution in [-0.4, -0.2) is 23.4 Å². The molecule has 136 valence electrons. The van der Waals surface area contributed by atoms with Crippen molar-refractivity contribution in [1.82, 2.24) is 10.2 Å². The monoisotopic (exact) mass is 472 g/mol. The molecule has 1 fully saturated rings. The van der Waals surface area contributed by atoms with Crippen molar-refractivity contribution in [1.29, 1.82) is 0 Å². The number of ether oxygens (including phenoxy) is 1. The van der Waals surface area contributed by atoms with Crippen LogP contribution in [0.1, 0.15) is 16.7 Å². The van der Waals surface area contributed by atoms with E-state index in [-0.39, 0.29) is 24.8 Å². The summed E-state index contributed by atoms with van der Waals surface area (Å²) in [5.74, 6) is 2.75. The summed E-state index contributed by atoms with van der Waals surface area (Å²) in [7, 11) is 0. The SMILES string of the molecule is C#CCOc1ccc(/C=C2/NC(=O)N(Cc3ccc(C)cc3)C2=O)cc1I. The van der Waals surface area contributed by atoms with Gasteiger partial charge < -0.3 is 10.1 Å². The molecule has 2 aromatic rings. The molecule has 0 bridgehead atoms. The van der Waals surface area contributed by atoms with Crippen molar-refractivity contribution in [3.8, 4) is 18.1 Å². The van der Waals surface area contributed by atoms with Gasteiger partial charge in [0.05, 0.1) is 10.1 Å². The maximum Gasteiger partial charge on any atom is 0.329 e. The summed E-state index contributed by atoms with van der Waals surface area (Å²) in [5.41, 5.74) is 3.06. The fourth-order valence-electron chi connectivity index (χ4n) is 2.60. The summed E-state index contributed by atoms with van der Waals surface area (Å²) in [6, 6.07) is 12.8. The third kappa shape index (κ3) is 4.49. The molecule has 27 heavy (non-hydrogen) atoms. The van der Waals surface area contributed by atoms with Gasteiger partial charge in [0.1, 0.15) is 18.1 Å². The fraction of sp³-hybridized carbons (Fsp3) is 0.143. The molecule has 0 aliphatic carbocycles. The molecule has 1 saturated heterocycles. The van der Waals surface area contributed by atoms with Gasteiger partial charge in [0, 0.05) is 0 Å². The first-order valence-electron chi connectivity index (χ1n) is 8.24. The zero-order chi connectivity index (χ0) is 19.4. The molecular formula is C21H17IN2O3. The predicted octanol–water partition coefficient (Wildman–Crippen LogP) is 3.70. The lowest BCUT2D eigenvalue weighted by molar-refractivity contribution is -0.123. The average molecular weight is 472 g/mol. The Balaban J connectivity index is 1.76. The third-order valence-corrected chi connectivity index (χ3v) is 4.84. The predicted molar refractivity (Wildman–Crippen MR) is 112 cm³/mol. The van der Waals surface area contributed by atoms with Gasteiger partial charge in [-0.2, -0.15) is 0 Å². The average Bonchev–Trinajstić information content (AvgIpc) is 2.90. The lowest BCUT2D eigenvalue weighted by Crippen LogP contribution is -2.30. The van der Waals surface area contributed by atoms with E-state index in [1.54, 1.807) is 12.1 Å². The maximum atomic E-state index is 12.6. The summed E-state index contributed by atoms with van der Waals surface area (Å²) in [6.07, 6.45) is 6.86. The Bertz CT molecular complexity index is 958. The Morgan fingerprint density at radius 2 is 1.96 bits per heavy atom. The molecule has 1 aliphatic rings. The number of benzene rings is 2. The Labute approximate surface area is 171 Å². The molecule has 5 nitrogen and oxygen atoms in total. The van der Waals surface area contributed by atoms with Crippen LogP contribution in [0.15, 0.2) is 48.2 Å². The minimum absolute atomic E-state index is 0.193. The maximum absolute atomic E-state index is 12.6. The molecule has 0 saturated carbocycles. The minimum atomic E-state index is -0.421. The Kier molecular flexibility index (Phi) is 5.81. The molecular weight excluding hydrogens is 455 g/mol. The van der Waals surface area contributed by atoms with Crippen LogP contribution in [0.25, 0.3) is 6.08 Å². The molecule has 6 heteroatoms. The molecule has 0 atom stereocenters. The molecule has 3 amide bonds. The van der Waals surface area contributed by atoms with Crippen LogP contribution in [0.4, 0.5) is 4.79 Å². The number of halogens is 1. The Hall–Kier alpha value is -2.79. The molecule has 0 unspecified atom stereocenters. The molecule has 1 heterocycles. The van der Waals surface area contributed by atoms with Crippen molar-refractivity contribution in [2.45, 2.75) is 13.5 Å². The van der Waals surface area contributed by atoms with Crippen LogP contribution in [0.3, 0.4) is 0 Å². The van der Waals surface area contributed by atoms with E-state index >= 15 is 0 Å². The number of urea groups is 1. The highest BCUT2D eigenvalue weighted by molar-refractivity contribution is 14.1. The number of hydrogen-bond donors (Lipinski definition) is 1. The smallest absolute Gasteiger partial charge is 0.329 e. The van der Waals surface area contributed by atoms with E-state index in [2.05, 4.69) is 33.8 Å². The second-order valence-corrected chi connectivity index (χ2v) is 7.21. The van der Waals surface area contributed by atoms with E-state index < -0.39 is 6.03 Å². The van der Waals surface area contributed by atoms with Crippen LogP contribution in [0, 0.1) is 22.8 Å². The number of amides is 3. The molecule has 0 aromatic heterocycles. The number of nitrogens with one attached hydrogen (secondary N) is 1. The van der Waals surface area contributed by atoms with E-state index in [0.717, 1.165) is 20.3 Å². The van der Waals surface area contributed by atoms with Gasteiger partial charge in [-0.1, -0.05) is 41.8 Å². The first-order chi connectivity index (χ1) is 13.0. The quantitative estimate of drug-likeness (QED) is 0.313. The number of imide groups is 1. The fourth-order valence-corrected chi connectivity index (χ4v) is 3.30. The molecule has 3 rings (SSSR count). The van der Waals surface area contributed by atoms with E-state index in [0.29, 0.717) is 5.75 Å². The topological polar surface area (TPSA) is 58.6 Å². The van der Waals surface area contributed by atoms with Crippen molar-refractivity contribution in [3.63, 3.8) is 0 Å². The number of carbonyl (C=O) groups is 2. The van der Waals surface area contributed by atoms with Crippen molar-refractivity contribution < 1.29 is 14.3 Å². The van der Waals surface area contributed by atoms with Crippen LogP contribution < -0.4 is 10.1 Å². The largest absolute Gasteiger partial charge is 0.480 e. The third-order valence-electron chi connectivity index (χ3n) is 4.00. The number of nitrogens with zero attached hydrogens (tertiary/aromatic N) is 1. The van der Waals surface area contributed by atoms with Gasteiger partial charge in [-0.25, -0.2) is 4.79 Å². The van der Waals surface area contributed by atoms with Crippen molar-refractivity contribution in [2.24, 2.45) is 0 Å². The van der Waals surface area contributed by atoms with Gasteiger partial charge in [-0.05, 0) is 58.9 Å². The minimum Gasteiger partial charge on any atom is -0.480 e. The summed E-state index contributed by atoms with van der Waals surface area (Å²) < 4.78 is 6.30. The van der Waals surface area contributed by atoms with Gasteiger partial charge in [-0.15, -0.1) is 6.42 Å². The van der Waals surface area contributed by atoms with E-state index in [9.17, 15) is 9.59 Å². The first kappa shape index (κ1) is 19.0. The van der Waals surface area contributed by atoms with Crippen molar-refractivity contribution >= 4 is 40.6 Å². The van der Waals surface area contributed by atoms with Gasteiger partial charge in [0.15, 0.2) is 0 Å². The lowest BCUT2D eigenvalue weighted by Gasteiger charge is -2.11. The highest BCUT2D eigenvalue weighted by Crippen LogP contribution is 2.24. The van der Waals surface area contributed by atoms with Gasteiger partial charge in [0.25, 0.3) is 5.91 Å². The second-order valence-electron chi connectivity index (χ2n) is 6.05. The Morgan fingerprint density at radius 3 is 2.63 bits per heavy atom. The Morgan fingerprint density at radius 1 is 1.22 bits per heavy atom. The van der Waals surface area contributed by atoms with Crippen LogP contribution in [-0.2, 0) is 11.3 Å². The normalized spacial score (nSPS) is 15.0. The molecule has 0 radical (unpaired) electrons. The van der Waals surface area contributed by atoms with E-state index in [1.165, 1.54) is 4.90 Å². The zero-order valence-electron chi connectivity index (χ0n) is 14.7. The number of hydrogen-bond acceptors (Lipinski definition) is 3.